The van der Waals surface area contributed by atoms with Crippen molar-refractivity contribution < 1.29 is 4.74 Å². The fourth-order valence-corrected chi connectivity index (χ4v) is 2.09. The van der Waals surface area contributed by atoms with Crippen LogP contribution in [0.2, 0.25) is 0 Å². The average Bonchev–Trinajstić information content (AvgIpc) is 2.41. The zero-order chi connectivity index (χ0) is 11.9. The molecule has 1 fully saturated rings. The van der Waals surface area contributed by atoms with Crippen molar-refractivity contribution in [3.63, 3.8) is 0 Å². The fourth-order valence-electron chi connectivity index (χ4n) is 2.09. The number of benzene rings is 1. The van der Waals surface area contributed by atoms with Gasteiger partial charge in [-0.2, -0.15) is 5.26 Å². The molecule has 0 unspecified atom stereocenters. The lowest BCUT2D eigenvalue weighted by atomic mass is 9.99. The number of rotatable bonds is 4. The Balaban J connectivity index is 1.65. The van der Waals surface area contributed by atoms with Crippen LogP contribution in [0, 0.1) is 17.2 Å². The topological polar surface area (TPSA) is 36.3 Å². The molecule has 1 aromatic rings. The Bertz CT molecular complexity index is 364. The second kappa shape index (κ2) is 6.27. The highest BCUT2D eigenvalue weighted by Gasteiger charge is 2.17. The van der Waals surface area contributed by atoms with Gasteiger partial charge in [0.1, 0.15) is 12.4 Å². The van der Waals surface area contributed by atoms with E-state index in [2.05, 4.69) is 11.0 Å². The van der Waals surface area contributed by atoms with Gasteiger partial charge in [0.05, 0.1) is 6.07 Å². The number of ether oxygens (including phenoxy) is 1. The lowest BCUT2D eigenvalue weighted by Gasteiger charge is -2.28. The summed E-state index contributed by atoms with van der Waals surface area (Å²) in [5, 5.41) is 8.81. The molecule has 0 N–H and O–H groups in total. The predicted octanol–water partition coefficient (Wildman–Crippen LogP) is 2.30. The van der Waals surface area contributed by atoms with Crippen molar-refractivity contribution in [3.8, 4) is 11.8 Å². The molecule has 17 heavy (non-hydrogen) atoms. The van der Waals surface area contributed by atoms with E-state index < -0.39 is 0 Å². The van der Waals surface area contributed by atoms with E-state index in [4.69, 9.17) is 10.00 Å². The maximum atomic E-state index is 8.81. The molecular weight excluding hydrogens is 212 g/mol. The Hall–Kier alpha value is -1.53. The average molecular weight is 230 g/mol. The first-order chi connectivity index (χ1) is 8.38. The number of nitriles is 1. The van der Waals surface area contributed by atoms with E-state index in [0.717, 1.165) is 44.8 Å². The molecule has 0 atom stereocenters. The lowest BCUT2D eigenvalue weighted by Crippen LogP contribution is -2.36. The van der Waals surface area contributed by atoms with Crippen molar-refractivity contribution >= 4 is 0 Å². The van der Waals surface area contributed by atoms with Gasteiger partial charge in [0.25, 0.3) is 0 Å². The minimum atomic E-state index is 0.265. The Morgan fingerprint density at radius 3 is 2.59 bits per heavy atom. The normalized spacial score (nSPS) is 17.6. The summed E-state index contributed by atoms with van der Waals surface area (Å²) in [6.07, 6.45) is 2.00. The molecule has 0 amide bonds. The van der Waals surface area contributed by atoms with E-state index >= 15 is 0 Å². The lowest BCUT2D eigenvalue weighted by molar-refractivity contribution is 0.169. The molecule has 1 aliphatic rings. The van der Waals surface area contributed by atoms with E-state index in [1.165, 1.54) is 0 Å². The molecule has 1 heterocycles. The third-order valence-corrected chi connectivity index (χ3v) is 3.19. The van der Waals surface area contributed by atoms with Crippen molar-refractivity contribution in [2.24, 2.45) is 5.92 Å². The van der Waals surface area contributed by atoms with E-state index in [9.17, 15) is 0 Å². The van der Waals surface area contributed by atoms with Gasteiger partial charge < -0.3 is 4.74 Å². The number of hydrogen-bond acceptors (Lipinski definition) is 3. The summed E-state index contributed by atoms with van der Waals surface area (Å²) in [6.45, 7) is 3.72. The first kappa shape index (κ1) is 11.9. The third-order valence-electron chi connectivity index (χ3n) is 3.19. The Labute approximate surface area is 103 Å². The minimum absolute atomic E-state index is 0.265. The standard InChI is InChI=1S/C14H18N2O/c15-12-13-6-8-16(9-7-13)10-11-17-14-4-2-1-3-5-14/h1-5,13H,6-11H2. The van der Waals surface area contributed by atoms with Crippen molar-refractivity contribution in [3.05, 3.63) is 30.3 Å². The number of piperidine rings is 1. The molecule has 3 nitrogen and oxygen atoms in total. The number of para-hydroxylation sites is 1. The van der Waals surface area contributed by atoms with Crippen LogP contribution in [0.4, 0.5) is 0 Å². The zero-order valence-electron chi connectivity index (χ0n) is 10.0. The summed E-state index contributed by atoms with van der Waals surface area (Å²) in [4.78, 5) is 2.37. The molecule has 0 bridgehead atoms. The first-order valence-corrected chi connectivity index (χ1v) is 6.18. The SMILES string of the molecule is N#CC1CCN(CCOc2ccccc2)CC1. The summed E-state index contributed by atoms with van der Waals surface area (Å²) in [5.74, 6) is 1.20. The molecule has 1 aliphatic heterocycles. The van der Waals surface area contributed by atoms with Crippen LogP contribution in [-0.4, -0.2) is 31.1 Å². The minimum Gasteiger partial charge on any atom is -0.492 e. The largest absolute Gasteiger partial charge is 0.492 e. The monoisotopic (exact) mass is 230 g/mol. The van der Waals surface area contributed by atoms with Crippen LogP contribution in [0.3, 0.4) is 0 Å². The van der Waals surface area contributed by atoms with Gasteiger partial charge in [-0.3, -0.25) is 4.90 Å². The van der Waals surface area contributed by atoms with Crippen LogP contribution >= 0.6 is 0 Å². The van der Waals surface area contributed by atoms with Crippen molar-refractivity contribution in [2.45, 2.75) is 12.8 Å². The van der Waals surface area contributed by atoms with Crippen molar-refractivity contribution in [1.82, 2.24) is 4.90 Å². The number of nitrogens with zero attached hydrogens (tertiary/aromatic N) is 2. The van der Waals surface area contributed by atoms with E-state index in [-0.39, 0.29) is 5.92 Å². The molecule has 0 aromatic heterocycles. The van der Waals surface area contributed by atoms with Gasteiger partial charge in [-0.05, 0) is 38.1 Å². The highest BCUT2D eigenvalue weighted by Crippen LogP contribution is 2.15. The third kappa shape index (κ3) is 3.76. The highest BCUT2D eigenvalue weighted by molar-refractivity contribution is 5.20. The van der Waals surface area contributed by atoms with Gasteiger partial charge >= 0.3 is 0 Å². The van der Waals surface area contributed by atoms with Gasteiger partial charge in [-0.15, -0.1) is 0 Å². The summed E-state index contributed by atoms with van der Waals surface area (Å²) in [7, 11) is 0. The van der Waals surface area contributed by atoms with Crippen LogP contribution in [0.25, 0.3) is 0 Å². The summed E-state index contributed by atoms with van der Waals surface area (Å²) < 4.78 is 5.66. The van der Waals surface area contributed by atoms with Gasteiger partial charge in [0.15, 0.2) is 0 Å². The molecule has 0 saturated carbocycles. The van der Waals surface area contributed by atoms with Gasteiger partial charge in [0, 0.05) is 12.5 Å². The highest BCUT2D eigenvalue weighted by atomic mass is 16.5. The Morgan fingerprint density at radius 1 is 1.24 bits per heavy atom. The van der Waals surface area contributed by atoms with E-state index in [1.54, 1.807) is 0 Å². The van der Waals surface area contributed by atoms with Crippen molar-refractivity contribution in [2.75, 3.05) is 26.2 Å². The molecule has 2 rings (SSSR count). The van der Waals surface area contributed by atoms with Gasteiger partial charge in [-0.1, -0.05) is 18.2 Å². The van der Waals surface area contributed by atoms with Crippen molar-refractivity contribution in [1.29, 1.82) is 5.26 Å². The second-order valence-electron chi connectivity index (χ2n) is 4.41. The smallest absolute Gasteiger partial charge is 0.119 e. The molecule has 1 saturated heterocycles. The molecule has 0 spiro atoms. The van der Waals surface area contributed by atoms with Crippen LogP contribution in [0.5, 0.6) is 5.75 Å². The quantitative estimate of drug-likeness (QED) is 0.796. The van der Waals surface area contributed by atoms with Crippen LogP contribution in [-0.2, 0) is 0 Å². The molecular formula is C14H18N2O. The zero-order valence-corrected chi connectivity index (χ0v) is 10.0. The van der Waals surface area contributed by atoms with Gasteiger partial charge in [0.2, 0.25) is 0 Å². The van der Waals surface area contributed by atoms with E-state index in [1.807, 2.05) is 30.3 Å². The second-order valence-corrected chi connectivity index (χ2v) is 4.41. The summed E-state index contributed by atoms with van der Waals surface area (Å²) in [5.41, 5.74) is 0. The first-order valence-electron chi connectivity index (χ1n) is 6.18. The molecule has 90 valence electrons. The molecule has 0 radical (unpaired) electrons. The van der Waals surface area contributed by atoms with Crippen LogP contribution in [0.1, 0.15) is 12.8 Å². The van der Waals surface area contributed by atoms with E-state index in [0.29, 0.717) is 0 Å². The fraction of sp³-hybridized carbons (Fsp3) is 0.500. The molecule has 0 aliphatic carbocycles. The molecule has 1 aromatic carbocycles. The number of hydrogen-bond donors (Lipinski definition) is 0. The van der Waals surface area contributed by atoms with Crippen LogP contribution in [0.15, 0.2) is 30.3 Å². The molecule has 3 heteroatoms. The summed E-state index contributed by atoms with van der Waals surface area (Å²) in [6, 6.07) is 12.2. The maximum Gasteiger partial charge on any atom is 0.119 e. The maximum absolute atomic E-state index is 8.81. The van der Waals surface area contributed by atoms with Gasteiger partial charge in [-0.25, -0.2) is 0 Å². The Morgan fingerprint density at radius 2 is 1.94 bits per heavy atom. The summed E-state index contributed by atoms with van der Waals surface area (Å²) >= 11 is 0. The predicted molar refractivity (Wildman–Crippen MR) is 66.7 cm³/mol. The van der Waals surface area contributed by atoms with Crippen LogP contribution < -0.4 is 4.74 Å². The number of likely N-dealkylation sites (tertiary alicyclic amines) is 1. The Kier molecular flexibility index (Phi) is 4.40.